The van der Waals surface area contributed by atoms with Crippen LogP contribution in [0.2, 0.25) is 0 Å². The number of ether oxygens (including phenoxy) is 1. The zero-order valence-electron chi connectivity index (χ0n) is 23.9. The molecule has 0 aliphatic heterocycles. The summed E-state index contributed by atoms with van der Waals surface area (Å²) in [5, 5.41) is 16.7. The zero-order chi connectivity index (χ0) is 29.9. The molecule has 2 heterocycles. The van der Waals surface area contributed by atoms with Crippen molar-refractivity contribution in [2.24, 2.45) is 0 Å². The van der Waals surface area contributed by atoms with E-state index < -0.39 is 23.4 Å². The van der Waals surface area contributed by atoms with Crippen molar-refractivity contribution >= 4 is 40.1 Å². The highest BCUT2D eigenvalue weighted by Crippen LogP contribution is 2.27. The Kier molecular flexibility index (Phi) is 11.9. The third-order valence-electron chi connectivity index (χ3n) is 5.50. The molecule has 10 nitrogen and oxygen atoms in total. The molecule has 0 saturated carbocycles. The van der Waals surface area contributed by atoms with E-state index in [1.807, 2.05) is 31.2 Å². The lowest BCUT2D eigenvalue weighted by molar-refractivity contribution is -0.119. The van der Waals surface area contributed by atoms with Crippen molar-refractivity contribution < 1.29 is 19.1 Å². The molecule has 212 valence electrons. The molecule has 0 aliphatic rings. The molecule has 1 unspecified atom stereocenters. The second kappa shape index (κ2) is 14.9. The van der Waals surface area contributed by atoms with Gasteiger partial charge in [-0.3, -0.25) is 14.4 Å². The van der Waals surface area contributed by atoms with Crippen LogP contribution >= 0.6 is 11.3 Å². The fraction of sp³-hybridized carbons (Fsp3) is 0.379. The number of carbonyl (C=O) groups excluding carboxylic acids is 3. The average Bonchev–Trinajstić information content (AvgIpc) is 3.60. The van der Waals surface area contributed by atoms with E-state index in [4.69, 9.17) is 4.74 Å². The number of amides is 2. The third-order valence-corrected chi connectivity index (χ3v) is 6.26. The van der Waals surface area contributed by atoms with Crippen molar-refractivity contribution in [2.45, 2.75) is 59.5 Å². The van der Waals surface area contributed by atoms with E-state index in [2.05, 4.69) is 40.5 Å². The van der Waals surface area contributed by atoms with Crippen LogP contribution in [0.1, 0.15) is 74.4 Å². The van der Waals surface area contributed by atoms with Crippen molar-refractivity contribution in [3.63, 3.8) is 0 Å². The van der Waals surface area contributed by atoms with Gasteiger partial charge >= 0.3 is 0 Å². The summed E-state index contributed by atoms with van der Waals surface area (Å²) in [4.78, 5) is 46.3. The molecule has 3 aromatic rings. The number of thiazole rings is 1. The summed E-state index contributed by atoms with van der Waals surface area (Å²) in [6.07, 6.45) is 7.83. The first-order chi connectivity index (χ1) is 19.0. The number of carbonyl (C=O) groups is 3. The molecule has 0 saturated heterocycles. The number of imidazole rings is 1. The van der Waals surface area contributed by atoms with Gasteiger partial charge in [0.25, 0.3) is 11.8 Å². The quantitative estimate of drug-likeness (QED) is 0.319. The van der Waals surface area contributed by atoms with E-state index in [0.29, 0.717) is 16.4 Å². The highest BCUT2D eigenvalue weighted by atomic mass is 32.1. The molecule has 3 rings (SSSR count). The summed E-state index contributed by atoms with van der Waals surface area (Å²) in [7, 11) is 1.42. The van der Waals surface area contributed by atoms with Gasteiger partial charge in [0.05, 0.1) is 24.7 Å². The third kappa shape index (κ3) is 8.43. The fourth-order valence-electron chi connectivity index (χ4n) is 3.39. The van der Waals surface area contributed by atoms with Crippen LogP contribution in [0.15, 0.2) is 42.2 Å². The minimum Gasteiger partial charge on any atom is -0.382 e. The number of nitrogens with one attached hydrogen (secondary N) is 2. The Morgan fingerprint density at radius 1 is 1.27 bits per heavy atom. The topological polar surface area (TPSA) is 139 Å². The Morgan fingerprint density at radius 3 is 2.58 bits per heavy atom. The van der Waals surface area contributed by atoms with E-state index in [9.17, 15) is 19.6 Å². The first-order valence-corrected chi connectivity index (χ1v) is 13.7. The van der Waals surface area contributed by atoms with Gasteiger partial charge in [-0.05, 0) is 39.3 Å². The van der Waals surface area contributed by atoms with Gasteiger partial charge in [-0.25, -0.2) is 9.97 Å². The van der Waals surface area contributed by atoms with Crippen LogP contribution in [0.25, 0.3) is 17.3 Å². The Bertz CT molecular complexity index is 1400. The molecule has 1 atom stereocenters. The number of hydrogen-bond acceptors (Lipinski definition) is 8. The molecule has 0 radical (unpaired) electrons. The van der Waals surface area contributed by atoms with Crippen LogP contribution in [-0.4, -0.2) is 51.9 Å². The van der Waals surface area contributed by atoms with Crippen LogP contribution in [0.4, 0.5) is 5.13 Å². The highest BCUT2D eigenvalue weighted by molar-refractivity contribution is 7.14. The number of nitrogens with zero attached hydrogens (tertiary/aromatic N) is 4. The van der Waals surface area contributed by atoms with E-state index in [-0.39, 0.29) is 18.1 Å². The molecule has 2 amide bonds. The lowest BCUT2D eigenvalue weighted by Crippen LogP contribution is -2.46. The number of methoxy groups -OCH3 is 1. The molecular formula is C29H36N6O4S. The second-order valence-electron chi connectivity index (χ2n) is 9.41. The monoisotopic (exact) mass is 564 g/mol. The van der Waals surface area contributed by atoms with Gasteiger partial charge in [-0.15, -0.1) is 11.3 Å². The smallest absolute Gasteiger partial charge is 0.272 e. The first-order valence-electron chi connectivity index (χ1n) is 12.8. The molecule has 1 aromatic carbocycles. The van der Waals surface area contributed by atoms with Gasteiger partial charge < -0.3 is 19.9 Å². The summed E-state index contributed by atoms with van der Waals surface area (Å²) < 4.78 is 6.64. The van der Waals surface area contributed by atoms with E-state index in [0.717, 1.165) is 11.1 Å². The molecule has 11 heteroatoms. The van der Waals surface area contributed by atoms with Crippen molar-refractivity contribution in [1.82, 2.24) is 19.9 Å². The van der Waals surface area contributed by atoms with Crippen LogP contribution < -0.4 is 10.6 Å². The molecule has 0 aliphatic carbocycles. The molecular weight excluding hydrogens is 528 g/mol. The summed E-state index contributed by atoms with van der Waals surface area (Å²) >= 11 is 1.22. The van der Waals surface area contributed by atoms with E-state index >= 15 is 0 Å². The van der Waals surface area contributed by atoms with Gasteiger partial charge in [0.15, 0.2) is 10.9 Å². The summed E-state index contributed by atoms with van der Waals surface area (Å²) in [5.74, 6) is -1.15. The van der Waals surface area contributed by atoms with Crippen LogP contribution in [0, 0.1) is 11.3 Å². The molecule has 0 spiro atoms. The first kappa shape index (κ1) is 32.1. The number of nitriles is 1. The molecule has 0 fully saturated rings. The van der Waals surface area contributed by atoms with Crippen LogP contribution in [-0.2, 0) is 15.1 Å². The normalized spacial score (nSPS) is 11.8. The van der Waals surface area contributed by atoms with Gasteiger partial charge in [0, 0.05) is 29.8 Å². The Hall–Kier alpha value is -4.14. The minimum absolute atomic E-state index is 0.0575. The fourth-order valence-corrected chi connectivity index (χ4v) is 4.11. The number of Topliss-reactive ketones (excluding diaryl/α,β-unsaturated/α-hetero) is 1. The number of hydrogen-bond donors (Lipinski definition) is 2. The van der Waals surface area contributed by atoms with Gasteiger partial charge in [0.1, 0.15) is 17.3 Å². The zero-order valence-corrected chi connectivity index (χ0v) is 24.8. The van der Waals surface area contributed by atoms with E-state index in [1.165, 1.54) is 48.9 Å². The summed E-state index contributed by atoms with van der Waals surface area (Å²) in [5.41, 5.74) is 1.94. The Balaban J connectivity index is 0.00000178. The SMILES string of the molecule is C/C=C\c1ccc(-c2csc(NC(=O)C(COC)NC(=O)c3cn(C(C)(C)C#N)cn3)n2)cc1C(C)=O.CCC. The Morgan fingerprint density at radius 2 is 1.98 bits per heavy atom. The lowest BCUT2D eigenvalue weighted by Gasteiger charge is -2.17. The predicted octanol–water partition coefficient (Wildman–Crippen LogP) is 5.30. The van der Waals surface area contributed by atoms with Gasteiger partial charge in [-0.1, -0.05) is 44.6 Å². The van der Waals surface area contributed by atoms with Crippen molar-refractivity contribution in [1.29, 1.82) is 5.26 Å². The molecule has 0 bridgehead atoms. The largest absolute Gasteiger partial charge is 0.382 e. The van der Waals surface area contributed by atoms with Crippen molar-refractivity contribution in [3.8, 4) is 17.3 Å². The summed E-state index contributed by atoms with van der Waals surface area (Å²) in [6.45, 7) is 11.0. The number of ketones is 1. The van der Waals surface area contributed by atoms with Crippen LogP contribution in [0.3, 0.4) is 0 Å². The minimum atomic E-state index is -1.01. The summed E-state index contributed by atoms with van der Waals surface area (Å²) in [6, 6.07) is 6.61. The Labute approximate surface area is 239 Å². The number of aromatic nitrogens is 3. The molecule has 2 N–H and O–H groups in total. The van der Waals surface area contributed by atoms with Crippen molar-refractivity contribution in [3.05, 3.63) is 59.0 Å². The molecule has 2 aromatic heterocycles. The maximum absolute atomic E-state index is 12.9. The maximum atomic E-state index is 12.9. The highest BCUT2D eigenvalue weighted by Gasteiger charge is 2.25. The number of anilines is 1. The van der Waals surface area contributed by atoms with Crippen LogP contribution in [0.5, 0.6) is 0 Å². The number of benzene rings is 1. The molecule has 40 heavy (non-hydrogen) atoms. The van der Waals surface area contributed by atoms with Crippen molar-refractivity contribution in [2.75, 3.05) is 19.0 Å². The maximum Gasteiger partial charge on any atom is 0.272 e. The van der Waals surface area contributed by atoms with Gasteiger partial charge in [0.2, 0.25) is 0 Å². The lowest BCUT2D eigenvalue weighted by atomic mass is 9.99. The predicted molar refractivity (Wildman–Crippen MR) is 157 cm³/mol. The average molecular weight is 565 g/mol. The number of allylic oxidation sites excluding steroid dienone is 1. The standard InChI is InChI=1S/C26H28N6O4S.C3H8/c1-6-7-17-8-9-18(10-19(17)16(2)33)22-13-37-25(30-22)31-24(35)21(12-36-5)29-23(34)20-11-32(15-28-20)26(3,4)14-27;1-3-2/h6-11,13,15,21H,12H2,1-5H3,(H,29,34)(H,30,31,35);3H2,1-2H3/b7-6-;. The van der Waals surface area contributed by atoms with Gasteiger partial charge in [-0.2, -0.15) is 5.26 Å². The second-order valence-corrected chi connectivity index (χ2v) is 10.3. The number of rotatable bonds is 10. The van der Waals surface area contributed by atoms with E-state index in [1.54, 1.807) is 25.3 Å².